The fourth-order valence-electron chi connectivity index (χ4n) is 5.15. The monoisotopic (exact) mass is 677 g/mol. The number of H-pyrrole nitrogens is 2. The van der Waals surface area contributed by atoms with Crippen LogP contribution in [0.25, 0.3) is 22.3 Å². The summed E-state index contributed by atoms with van der Waals surface area (Å²) in [6.07, 6.45) is 1.26. The molecular formula is C20H25N9O8P2S3. The second-order valence-corrected chi connectivity index (χ2v) is 17.7. The summed E-state index contributed by atoms with van der Waals surface area (Å²) in [5.74, 6) is -0.0972. The van der Waals surface area contributed by atoms with Crippen LogP contribution >= 0.6 is 24.9 Å². The van der Waals surface area contributed by atoms with Gasteiger partial charge in [-0.15, -0.1) is 12.2 Å². The Morgan fingerprint density at radius 2 is 1.90 bits per heavy atom. The summed E-state index contributed by atoms with van der Waals surface area (Å²) in [7, 11) is -2.52. The zero-order chi connectivity index (χ0) is 29.8. The van der Waals surface area contributed by atoms with Crippen LogP contribution in [0.2, 0.25) is 0 Å². The van der Waals surface area contributed by atoms with E-state index in [1.54, 1.807) is 4.57 Å². The van der Waals surface area contributed by atoms with E-state index >= 15 is 0 Å². The summed E-state index contributed by atoms with van der Waals surface area (Å²) >= 11 is 15.6. The molecule has 2 saturated heterocycles. The van der Waals surface area contributed by atoms with Crippen molar-refractivity contribution >= 4 is 76.8 Å². The first-order chi connectivity index (χ1) is 20.1. The Morgan fingerprint density at radius 1 is 1.17 bits per heavy atom. The van der Waals surface area contributed by atoms with Crippen molar-refractivity contribution < 1.29 is 28.5 Å². The van der Waals surface area contributed by atoms with Gasteiger partial charge in [-0.3, -0.25) is 23.7 Å². The number of aliphatic hydroxyl groups is 1. The zero-order valence-corrected chi connectivity index (χ0v) is 25.8. The SMILES string of the molecule is Nc1nc2c(ncn2[C@@H]2O[C@H](CO)C[C@H]2P(=S)(S)OC[C@H]2O[C@@H](n3cnc4c(=O)[nH]cnc43)C[C@@H]2O[PH](O)=S)c(=O)[nH]1. The maximum absolute atomic E-state index is 12.3. The largest absolute Gasteiger partial charge is 0.394 e. The molecular weight excluding hydrogens is 652 g/mol. The number of hydrogen-bond donors (Lipinski definition) is 6. The van der Waals surface area contributed by atoms with Crippen molar-refractivity contribution in [3.05, 3.63) is 39.7 Å². The fraction of sp³-hybridized carbons (Fsp3) is 0.500. The second kappa shape index (κ2) is 11.8. The number of aliphatic hydroxyl groups excluding tert-OH is 1. The standard InChI is InChI=1S/C20H25N9O8P2S3/c21-20-26-16-14(18(32)27-20)25-7-29(16)19-11(1-8(3-30)35-19)39(41,42)34-4-10-9(37-38(33)40)2-12(36-10)28-6-24-13-15(28)22-5-23-17(13)31/h5-12,19,30,38H,1-4H2,(H,33,40)(H,41,42)(H,22,23,31)(H3,21,26,27,32)/t8-,9-,10+,11+,12+,19+/m0/s1. The minimum absolute atomic E-state index is 0.0619. The molecule has 0 saturated carbocycles. The third kappa shape index (κ3) is 5.61. The van der Waals surface area contributed by atoms with Gasteiger partial charge in [0.1, 0.15) is 24.0 Å². The molecule has 42 heavy (non-hydrogen) atoms. The lowest BCUT2D eigenvalue weighted by molar-refractivity contribution is -0.0327. The summed E-state index contributed by atoms with van der Waals surface area (Å²) in [6, 6.07) is 0. The van der Waals surface area contributed by atoms with Crippen molar-refractivity contribution in [1.82, 2.24) is 39.0 Å². The number of nitrogens with zero attached hydrogens (tertiary/aromatic N) is 6. The van der Waals surface area contributed by atoms with Crippen molar-refractivity contribution in [3.63, 3.8) is 0 Å². The number of ether oxygens (including phenoxy) is 2. The predicted molar refractivity (Wildman–Crippen MR) is 161 cm³/mol. The highest BCUT2D eigenvalue weighted by atomic mass is 32.9. The number of rotatable bonds is 9. The molecule has 0 spiro atoms. The molecule has 2 aliphatic heterocycles. The quantitative estimate of drug-likeness (QED) is 0.100. The van der Waals surface area contributed by atoms with E-state index in [4.69, 9.17) is 60.1 Å². The second-order valence-electron chi connectivity index (χ2n) is 9.61. The van der Waals surface area contributed by atoms with Gasteiger partial charge in [0, 0.05) is 6.42 Å². The number of thiol groups is 1. The van der Waals surface area contributed by atoms with Crippen molar-refractivity contribution in [1.29, 1.82) is 0 Å². The van der Waals surface area contributed by atoms with Crippen molar-refractivity contribution in [2.45, 2.75) is 49.3 Å². The molecule has 2 unspecified atom stereocenters. The summed E-state index contributed by atoms with van der Waals surface area (Å²) in [5.41, 5.74) is 2.01. The van der Waals surface area contributed by atoms with E-state index < -0.39 is 60.2 Å². The molecule has 8 atom stereocenters. The zero-order valence-electron chi connectivity index (χ0n) is 21.3. The van der Waals surface area contributed by atoms with Gasteiger partial charge >= 0.3 is 0 Å². The van der Waals surface area contributed by atoms with Gasteiger partial charge in [0.2, 0.25) is 5.95 Å². The third-order valence-electron chi connectivity index (χ3n) is 7.04. The fourth-order valence-corrected chi connectivity index (χ4v) is 9.19. The Balaban J connectivity index is 1.24. The highest BCUT2D eigenvalue weighted by Gasteiger charge is 2.46. The molecule has 17 nitrogen and oxygen atoms in total. The smallest absolute Gasteiger partial charge is 0.280 e. The number of anilines is 1. The molecule has 0 aromatic carbocycles. The summed E-state index contributed by atoms with van der Waals surface area (Å²) < 4.78 is 27.3. The van der Waals surface area contributed by atoms with E-state index in [0.29, 0.717) is 12.1 Å². The maximum atomic E-state index is 12.3. The molecule has 4 aromatic heterocycles. The number of nitrogens with one attached hydrogen (secondary N) is 2. The molecule has 2 fully saturated rings. The molecule has 226 valence electrons. The Morgan fingerprint density at radius 3 is 2.64 bits per heavy atom. The van der Waals surface area contributed by atoms with Crippen molar-refractivity contribution in [2.75, 3.05) is 18.9 Å². The van der Waals surface area contributed by atoms with Crippen LogP contribution in [0.15, 0.2) is 28.6 Å². The molecule has 6 heterocycles. The predicted octanol–water partition coefficient (Wildman–Crippen LogP) is -0.0896. The third-order valence-corrected chi connectivity index (χ3v) is 12.0. The van der Waals surface area contributed by atoms with E-state index in [1.807, 2.05) is 0 Å². The first-order valence-corrected chi connectivity index (χ1v) is 18.9. The van der Waals surface area contributed by atoms with Gasteiger partial charge in [0.05, 0.1) is 50.1 Å². The number of aromatic nitrogens is 8. The highest BCUT2D eigenvalue weighted by molar-refractivity contribution is 8.62. The average molecular weight is 678 g/mol. The summed E-state index contributed by atoms with van der Waals surface area (Å²) in [4.78, 5) is 55.9. The molecule has 0 bridgehead atoms. The minimum atomic E-state index is -3.02. The number of nitrogen functional groups attached to an aromatic ring is 1. The molecule has 6 N–H and O–H groups in total. The number of aromatic amines is 2. The highest BCUT2D eigenvalue weighted by Crippen LogP contribution is 2.64. The van der Waals surface area contributed by atoms with Crippen LogP contribution in [0.3, 0.4) is 0 Å². The Hall–Kier alpha value is -2.09. The molecule has 4 aromatic rings. The van der Waals surface area contributed by atoms with Gasteiger partial charge in [0.25, 0.3) is 11.1 Å². The number of imidazole rings is 2. The van der Waals surface area contributed by atoms with E-state index in [2.05, 4.69) is 29.9 Å². The van der Waals surface area contributed by atoms with Gasteiger partial charge in [-0.05, 0) is 18.2 Å². The molecule has 0 radical (unpaired) electrons. The maximum Gasteiger partial charge on any atom is 0.280 e. The lowest BCUT2D eigenvalue weighted by Gasteiger charge is -2.29. The van der Waals surface area contributed by atoms with Gasteiger partial charge in [-0.2, -0.15) is 4.98 Å². The minimum Gasteiger partial charge on any atom is -0.394 e. The van der Waals surface area contributed by atoms with Crippen molar-refractivity contribution in [3.8, 4) is 0 Å². The molecule has 2 aliphatic rings. The topological polar surface area (TPSA) is 231 Å². The number of fused-ring (bicyclic) bond motifs is 2. The lowest BCUT2D eigenvalue weighted by Crippen LogP contribution is -2.28. The van der Waals surface area contributed by atoms with Crippen molar-refractivity contribution in [2.24, 2.45) is 0 Å². The van der Waals surface area contributed by atoms with Crippen LogP contribution in [0.4, 0.5) is 5.95 Å². The summed E-state index contributed by atoms with van der Waals surface area (Å²) in [6.45, 7) is -0.353. The molecule has 6 rings (SSSR count). The van der Waals surface area contributed by atoms with E-state index in [-0.39, 0.29) is 42.3 Å². The van der Waals surface area contributed by atoms with E-state index in [9.17, 15) is 19.6 Å². The van der Waals surface area contributed by atoms with Gasteiger partial charge in [0.15, 0.2) is 29.5 Å². The van der Waals surface area contributed by atoms with Gasteiger partial charge < -0.3 is 39.2 Å². The number of hydrogen-bond acceptors (Lipinski definition) is 14. The number of nitrogens with two attached hydrogens (primary N) is 1. The first-order valence-electron chi connectivity index (χ1n) is 12.5. The van der Waals surface area contributed by atoms with Crippen LogP contribution in [0.1, 0.15) is 25.3 Å². The Labute approximate surface area is 251 Å². The van der Waals surface area contributed by atoms with Crippen LogP contribution in [0.5, 0.6) is 0 Å². The Kier molecular flexibility index (Phi) is 8.40. The lowest BCUT2D eigenvalue weighted by atomic mass is 10.2. The van der Waals surface area contributed by atoms with E-state index in [0.717, 1.165) is 0 Å². The van der Waals surface area contributed by atoms with Crippen LogP contribution in [0, 0.1) is 0 Å². The van der Waals surface area contributed by atoms with Crippen LogP contribution in [-0.4, -0.2) is 86.2 Å². The molecule has 0 aliphatic carbocycles. The molecule has 0 amide bonds. The normalized spacial score (nSPS) is 28.5. The average Bonchev–Trinajstić information content (AvgIpc) is 3.71. The van der Waals surface area contributed by atoms with Crippen LogP contribution in [-0.2, 0) is 42.1 Å². The summed E-state index contributed by atoms with van der Waals surface area (Å²) in [5, 5.41) is 9.87. The van der Waals surface area contributed by atoms with E-state index in [1.165, 1.54) is 23.5 Å². The Bertz CT molecular complexity index is 1830. The van der Waals surface area contributed by atoms with Gasteiger partial charge in [-0.25, -0.2) is 15.0 Å². The van der Waals surface area contributed by atoms with Gasteiger partial charge in [-0.1, -0.05) is 11.8 Å². The first kappa shape index (κ1) is 30.0. The van der Waals surface area contributed by atoms with Crippen LogP contribution < -0.4 is 16.9 Å². The molecule has 22 heteroatoms.